The first-order valence-electron chi connectivity index (χ1n) is 10.3. The normalized spacial score (nSPS) is 10.2. The number of nitrogens with zero attached hydrogens (tertiary/aromatic N) is 6. The Balaban J connectivity index is 0.00000507. The molecule has 3 rings (SSSR count). The van der Waals surface area contributed by atoms with E-state index in [1.165, 1.54) is 35.6 Å². The molecule has 0 saturated heterocycles. The molecule has 0 aliphatic carbocycles. The van der Waals surface area contributed by atoms with Crippen LogP contribution in [0.3, 0.4) is 0 Å². The highest BCUT2D eigenvalue weighted by atomic mass is 79.9. The van der Waals surface area contributed by atoms with Crippen LogP contribution in [0.15, 0.2) is 23.2 Å². The van der Waals surface area contributed by atoms with Crippen molar-refractivity contribution in [3.63, 3.8) is 0 Å². The molecular weight excluding hydrogens is 590 g/mol. The first-order chi connectivity index (χ1) is 17.4. The third-order valence-corrected chi connectivity index (χ3v) is 4.92. The molecule has 38 heavy (non-hydrogen) atoms. The highest BCUT2D eigenvalue weighted by Gasteiger charge is 2.20. The van der Waals surface area contributed by atoms with Gasteiger partial charge in [-0.15, -0.1) is 17.5 Å². The van der Waals surface area contributed by atoms with Gasteiger partial charge in [0.2, 0.25) is 11.8 Å². The van der Waals surface area contributed by atoms with Gasteiger partial charge in [-0.25, -0.2) is 0 Å². The van der Waals surface area contributed by atoms with Gasteiger partial charge >= 0.3 is 0 Å². The van der Waals surface area contributed by atoms with E-state index in [0.29, 0.717) is 0 Å². The SMILES string of the molecule is C=C(Br)C(=O)Nc1n[nH]c(C(=O)Nc2cc(C(=O)Nc3cc(C(=O)NCCC(=N)N)n(C)n3)n(C)n2)n1.Cl. The summed E-state index contributed by atoms with van der Waals surface area (Å²) in [7, 11) is 3.02. The van der Waals surface area contributed by atoms with E-state index in [4.69, 9.17) is 11.1 Å². The molecule has 17 nitrogen and oxygen atoms in total. The van der Waals surface area contributed by atoms with Gasteiger partial charge in [0.05, 0.1) is 10.3 Å². The number of halogens is 2. The van der Waals surface area contributed by atoms with Crippen LogP contribution in [-0.4, -0.2) is 70.8 Å². The summed E-state index contributed by atoms with van der Waals surface area (Å²) in [5, 5.41) is 31.4. The van der Waals surface area contributed by atoms with Crippen LogP contribution >= 0.6 is 28.3 Å². The van der Waals surface area contributed by atoms with Crippen LogP contribution < -0.4 is 27.0 Å². The lowest BCUT2D eigenvalue weighted by molar-refractivity contribution is -0.112. The maximum Gasteiger partial charge on any atom is 0.294 e. The number of aryl methyl sites for hydroxylation is 2. The summed E-state index contributed by atoms with van der Waals surface area (Å²) < 4.78 is 2.57. The highest BCUT2D eigenvalue weighted by Crippen LogP contribution is 2.14. The molecule has 3 heterocycles. The van der Waals surface area contributed by atoms with Crippen molar-refractivity contribution in [2.45, 2.75) is 6.42 Å². The van der Waals surface area contributed by atoms with Crippen molar-refractivity contribution in [2.75, 3.05) is 22.5 Å². The number of nitrogens with two attached hydrogens (primary N) is 1. The van der Waals surface area contributed by atoms with E-state index in [1.54, 1.807) is 0 Å². The molecular formula is C19H23BrClN13O4. The molecule has 0 aliphatic heterocycles. The van der Waals surface area contributed by atoms with Crippen molar-refractivity contribution in [2.24, 2.45) is 19.8 Å². The highest BCUT2D eigenvalue weighted by molar-refractivity contribution is 9.12. The van der Waals surface area contributed by atoms with Gasteiger partial charge in [-0.05, 0) is 15.9 Å². The number of anilines is 3. The van der Waals surface area contributed by atoms with Gasteiger partial charge in [0, 0.05) is 39.2 Å². The number of amidine groups is 1. The zero-order valence-electron chi connectivity index (χ0n) is 20.0. The van der Waals surface area contributed by atoms with E-state index in [9.17, 15) is 19.2 Å². The smallest absolute Gasteiger partial charge is 0.294 e. The van der Waals surface area contributed by atoms with Crippen molar-refractivity contribution < 1.29 is 19.2 Å². The number of hydrogen-bond acceptors (Lipinski definition) is 9. The molecule has 0 spiro atoms. The van der Waals surface area contributed by atoms with Gasteiger partial charge in [-0.3, -0.25) is 44.4 Å². The molecule has 3 aromatic heterocycles. The molecule has 4 amide bonds. The predicted octanol–water partition coefficient (Wildman–Crippen LogP) is 0.101. The maximum absolute atomic E-state index is 12.8. The second-order valence-electron chi connectivity index (χ2n) is 7.38. The van der Waals surface area contributed by atoms with Gasteiger partial charge < -0.3 is 21.7 Å². The van der Waals surface area contributed by atoms with Crippen LogP contribution in [0, 0.1) is 5.41 Å². The molecule has 0 saturated carbocycles. The fourth-order valence-corrected chi connectivity index (χ4v) is 2.93. The van der Waals surface area contributed by atoms with Crippen LogP contribution in [-0.2, 0) is 18.9 Å². The van der Waals surface area contributed by atoms with Crippen molar-refractivity contribution in [1.82, 2.24) is 40.1 Å². The number of nitrogens with one attached hydrogen (secondary N) is 6. The third-order valence-electron chi connectivity index (χ3n) is 4.56. The van der Waals surface area contributed by atoms with Crippen LogP contribution in [0.25, 0.3) is 0 Å². The lowest BCUT2D eigenvalue weighted by Gasteiger charge is -2.03. The Labute approximate surface area is 229 Å². The molecule has 0 radical (unpaired) electrons. The fourth-order valence-electron chi connectivity index (χ4n) is 2.83. The van der Waals surface area contributed by atoms with E-state index in [-0.39, 0.29) is 70.5 Å². The predicted molar refractivity (Wildman–Crippen MR) is 142 cm³/mol. The summed E-state index contributed by atoms with van der Waals surface area (Å²) in [6, 6.07) is 2.70. The molecule has 0 atom stereocenters. The van der Waals surface area contributed by atoms with E-state index in [2.05, 4.69) is 69.2 Å². The van der Waals surface area contributed by atoms with Gasteiger partial charge in [0.15, 0.2) is 11.6 Å². The molecule has 0 fully saturated rings. The van der Waals surface area contributed by atoms with Crippen molar-refractivity contribution in [1.29, 1.82) is 5.41 Å². The molecule has 202 valence electrons. The van der Waals surface area contributed by atoms with Crippen LogP contribution in [0.2, 0.25) is 0 Å². The lowest BCUT2D eigenvalue weighted by atomic mass is 10.3. The monoisotopic (exact) mass is 611 g/mol. The molecule has 0 bridgehead atoms. The average Bonchev–Trinajstić information content (AvgIpc) is 3.52. The van der Waals surface area contributed by atoms with Gasteiger partial charge in [0.1, 0.15) is 11.4 Å². The number of H-pyrrole nitrogens is 1. The fraction of sp³-hybridized carbons (Fsp3) is 0.211. The van der Waals surface area contributed by atoms with Gasteiger partial charge in [-0.2, -0.15) is 15.2 Å². The number of carbonyl (C=O) groups excluding carboxylic acids is 4. The van der Waals surface area contributed by atoms with E-state index in [1.807, 2.05) is 0 Å². The quantitative estimate of drug-likeness (QED) is 0.0931. The number of hydrogen-bond donors (Lipinski definition) is 7. The minimum atomic E-state index is -0.721. The number of carbonyl (C=O) groups is 4. The summed E-state index contributed by atoms with van der Waals surface area (Å²) in [5.74, 6) is -2.61. The Kier molecular flexibility index (Phi) is 9.82. The summed E-state index contributed by atoms with van der Waals surface area (Å²) >= 11 is 2.92. The zero-order chi connectivity index (χ0) is 27.3. The minimum absolute atomic E-state index is 0. The second-order valence-corrected chi connectivity index (χ2v) is 8.34. The topological polar surface area (TPSA) is 243 Å². The molecule has 19 heteroatoms. The van der Waals surface area contributed by atoms with Crippen molar-refractivity contribution in [3.05, 3.63) is 40.4 Å². The van der Waals surface area contributed by atoms with Gasteiger partial charge in [0.25, 0.3) is 23.6 Å². The van der Waals surface area contributed by atoms with E-state index >= 15 is 0 Å². The zero-order valence-corrected chi connectivity index (χ0v) is 22.4. The first-order valence-corrected chi connectivity index (χ1v) is 11.1. The van der Waals surface area contributed by atoms with E-state index in [0.717, 1.165) is 0 Å². The van der Waals surface area contributed by atoms with Crippen LogP contribution in [0.5, 0.6) is 0 Å². The molecule has 0 aliphatic rings. The Morgan fingerprint density at radius 3 is 2.13 bits per heavy atom. The number of aromatic amines is 1. The van der Waals surface area contributed by atoms with E-state index < -0.39 is 23.6 Å². The Bertz CT molecular complexity index is 1410. The number of amides is 4. The largest absolute Gasteiger partial charge is 0.388 e. The summed E-state index contributed by atoms with van der Waals surface area (Å²) in [5.41, 5.74) is 5.53. The molecule has 0 aromatic carbocycles. The summed E-state index contributed by atoms with van der Waals surface area (Å²) in [6.07, 6.45) is 0.202. The van der Waals surface area contributed by atoms with Crippen LogP contribution in [0.1, 0.15) is 38.0 Å². The van der Waals surface area contributed by atoms with Crippen LogP contribution in [0.4, 0.5) is 17.6 Å². The van der Waals surface area contributed by atoms with Gasteiger partial charge in [-0.1, -0.05) is 6.58 Å². The first kappa shape index (κ1) is 29.6. The lowest BCUT2D eigenvalue weighted by Crippen LogP contribution is -2.29. The standard InChI is InChI=1S/C19H22BrN13O4.ClH/c1-8(20)15(34)27-19-26-14(28-29-19)18(37)25-13-7-10(33(3)31-13)17(36)24-12-6-9(32(2)30-12)16(35)23-5-4-11(21)22;/h6-7H,1,4-5H2,2-3H3,(H3,21,22)(H,23,35)(H,24,30,36)(H,25,31,37)(H2,26,27,28,29,34);1H. The maximum atomic E-state index is 12.8. The van der Waals surface area contributed by atoms with Crippen molar-refractivity contribution >= 4 is 75.4 Å². The second kappa shape index (κ2) is 12.6. The molecule has 3 aromatic rings. The number of rotatable bonds is 10. The summed E-state index contributed by atoms with van der Waals surface area (Å²) in [6.45, 7) is 3.59. The Morgan fingerprint density at radius 1 is 1.03 bits per heavy atom. The average molecular weight is 613 g/mol. The minimum Gasteiger partial charge on any atom is -0.388 e. The Hall–Kier alpha value is -4.58. The van der Waals surface area contributed by atoms with Crippen molar-refractivity contribution in [3.8, 4) is 0 Å². The third kappa shape index (κ3) is 7.46. The molecule has 8 N–H and O–H groups in total. The Morgan fingerprint density at radius 2 is 1.58 bits per heavy atom. The summed E-state index contributed by atoms with van der Waals surface area (Å²) in [4.78, 5) is 52.9. The number of aromatic nitrogens is 7. The molecule has 0 unspecified atom stereocenters.